The van der Waals surface area contributed by atoms with Gasteiger partial charge in [0.25, 0.3) is 0 Å². The largest absolute Gasteiger partial charge is 0.435 e. The van der Waals surface area contributed by atoms with E-state index in [9.17, 15) is 18.0 Å². The fourth-order valence-corrected chi connectivity index (χ4v) is 5.74. The summed E-state index contributed by atoms with van der Waals surface area (Å²) in [6.45, 7) is 6.96. The highest BCUT2D eigenvalue weighted by molar-refractivity contribution is 5.97. The number of pyridine rings is 1. The molecule has 1 saturated heterocycles. The molecule has 1 fully saturated rings. The molecule has 5 heterocycles. The summed E-state index contributed by atoms with van der Waals surface area (Å²) in [5, 5.41) is 7.48. The maximum atomic E-state index is 14.3. The maximum Gasteiger partial charge on any atom is 0.435 e. The highest BCUT2D eigenvalue weighted by Crippen LogP contribution is 2.37. The highest BCUT2D eigenvalue weighted by atomic mass is 19.4. The third kappa shape index (κ3) is 6.09. The topological polar surface area (TPSA) is 116 Å². The number of halogens is 3. The fraction of sp³-hybridized carbons (Fsp3) is 0.375. The summed E-state index contributed by atoms with van der Waals surface area (Å²) in [5.74, 6) is 0.132. The molecule has 0 amide bonds. The van der Waals surface area contributed by atoms with Gasteiger partial charge in [-0.1, -0.05) is 13.3 Å². The lowest BCUT2D eigenvalue weighted by atomic mass is 10.0. The van der Waals surface area contributed by atoms with Crippen LogP contribution in [0.25, 0.3) is 22.7 Å². The normalized spacial score (nSPS) is 16.6. The Balaban J connectivity index is 1.39. The Morgan fingerprint density at radius 1 is 1.18 bits per heavy atom. The lowest BCUT2D eigenvalue weighted by molar-refractivity contribution is -0.142. The number of allylic oxidation sites excluding steroid dienone is 4. The van der Waals surface area contributed by atoms with Crippen molar-refractivity contribution in [3.63, 3.8) is 0 Å². The summed E-state index contributed by atoms with van der Waals surface area (Å²) in [5.41, 5.74) is 9.55. The molecule has 10 nitrogen and oxygen atoms in total. The van der Waals surface area contributed by atoms with Crippen molar-refractivity contribution in [2.24, 2.45) is 5.73 Å². The second-order valence-corrected chi connectivity index (χ2v) is 11.5. The van der Waals surface area contributed by atoms with Gasteiger partial charge in [0.15, 0.2) is 17.3 Å². The van der Waals surface area contributed by atoms with Gasteiger partial charge in [-0.2, -0.15) is 18.3 Å². The average Bonchev–Trinajstić information content (AvgIpc) is 3.56. The molecule has 0 bridgehead atoms. The van der Waals surface area contributed by atoms with Gasteiger partial charge in [-0.3, -0.25) is 14.3 Å². The van der Waals surface area contributed by atoms with Gasteiger partial charge in [0.05, 0.1) is 41.5 Å². The van der Waals surface area contributed by atoms with Gasteiger partial charge in [-0.25, -0.2) is 14.6 Å². The lowest BCUT2D eigenvalue weighted by Gasteiger charge is -2.39. The van der Waals surface area contributed by atoms with E-state index >= 15 is 0 Å². The number of Topliss-reactive ketones (excluding diaryl/α,β-unsaturated/α-hetero) is 1. The van der Waals surface area contributed by atoms with Crippen LogP contribution in [0.3, 0.4) is 0 Å². The molecule has 2 aliphatic heterocycles. The molecular weight excluding hydrogens is 585 g/mol. The number of nitrogens with two attached hydrogens (primary N) is 1. The minimum absolute atomic E-state index is 0.0601. The molecule has 13 heteroatoms. The van der Waals surface area contributed by atoms with Crippen molar-refractivity contribution in [2.75, 3.05) is 25.1 Å². The van der Waals surface area contributed by atoms with E-state index in [0.29, 0.717) is 48.9 Å². The standard InChI is InChI=1S/C32H35F3N8O2/c1-4-5-21(7-6-19(2)36)38-22-8-10-28-26(14-22)37-18-42(28)29-11-9-24(20(3)44)31(39-29)43-27-12-13-41(23-16-45-17-23)15-25(27)30(40-43)32(33,34)35/h6-11,14,18,23,38H,4-5,12-13,15-17,36H2,1-3H3/b19-6-,21-7+. The van der Waals surface area contributed by atoms with Gasteiger partial charge in [-0.05, 0) is 62.8 Å². The number of nitrogens with one attached hydrogen (secondary N) is 1. The first kappa shape index (κ1) is 30.5. The molecule has 1 aromatic carbocycles. The number of hydrogen-bond donors (Lipinski definition) is 2. The summed E-state index contributed by atoms with van der Waals surface area (Å²) in [6, 6.07) is 9.07. The number of carbonyl (C=O) groups is 1. The number of rotatable bonds is 9. The van der Waals surface area contributed by atoms with E-state index in [2.05, 4.69) is 22.3 Å². The Labute approximate surface area is 258 Å². The Bertz CT molecular complexity index is 1810. The third-order valence-electron chi connectivity index (χ3n) is 8.10. The van der Waals surface area contributed by atoms with Crippen LogP contribution >= 0.6 is 0 Å². The second kappa shape index (κ2) is 12.1. The number of ether oxygens (including phenoxy) is 1. The Morgan fingerprint density at radius 3 is 2.64 bits per heavy atom. The third-order valence-corrected chi connectivity index (χ3v) is 8.10. The molecule has 0 radical (unpaired) electrons. The minimum atomic E-state index is -4.67. The van der Waals surface area contributed by atoms with E-state index in [1.807, 2.05) is 42.2 Å². The minimum Gasteiger partial charge on any atom is -0.402 e. The van der Waals surface area contributed by atoms with Crippen LogP contribution in [0.2, 0.25) is 0 Å². The monoisotopic (exact) mass is 620 g/mol. The van der Waals surface area contributed by atoms with Gasteiger partial charge >= 0.3 is 6.18 Å². The number of imidazole rings is 1. The van der Waals surface area contributed by atoms with Crippen molar-refractivity contribution in [2.45, 2.75) is 58.8 Å². The number of aromatic nitrogens is 5. The summed E-state index contributed by atoms with van der Waals surface area (Å²) >= 11 is 0. The summed E-state index contributed by atoms with van der Waals surface area (Å²) < 4.78 is 51.0. The summed E-state index contributed by atoms with van der Waals surface area (Å²) in [4.78, 5) is 24.0. The van der Waals surface area contributed by atoms with Gasteiger partial charge in [-0.15, -0.1) is 0 Å². The molecule has 0 aliphatic carbocycles. The second-order valence-electron chi connectivity index (χ2n) is 11.5. The van der Waals surface area contributed by atoms with E-state index in [0.717, 1.165) is 29.7 Å². The zero-order chi connectivity index (χ0) is 31.9. The number of alkyl halides is 3. The van der Waals surface area contributed by atoms with Crippen LogP contribution in [-0.2, 0) is 23.9 Å². The summed E-state index contributed by atoms with van der Waals surface area (Å²) in [6.07, 6.45) is 2.88. The predicted octanol–water partition coefficient (Wildman–Crippen LogP) is 5.54. The molecule has 0 spiro atoms. The number of nitrogens with zero attached hydrogens (tertiary/aromatic N) is 6. The van der Waals surface area contributed by atoms with Crippen LogP contribution in [0.5, 0.6) is 0 Å². The van der Waals surface area contributed by atoms with Crippen molar-refractivity contribution in [3.8, 4) is 11.6 Å². The first-order chi connectivity index (χ1) is 21.5. The molecule has 2 aliphatic rings. The molecule has 0 saturated carbocycles. The molecule has 0 atom stereocenters. The molecule has 3 N–H and O–H groups in total. The van der Waals surface area contributed by atoms with Crippen LogP contribution in [0, 0.1) is 0 Å². The van der Waals surface area contributed by atoms with Crippen molar-refractivity contribution < 1.29 is 22.7 Å². The van der Waals surface area contributed by atoms with Gasteiger partial charge < -0.3 is 15.8 Å². The Hall–Kier alpha value is -4.49. The van der Waals surface area contributed by atoms with Crippen molar-refractivity contribution in [1.29, 1.82) is 0 Å². The molecule has 4 aromatic rings. The number of anilines is 1. The quantitative estimate of drug-likeness (QED) is 0.185. The maximum absolute atomic E-state index is 14.3. The Morgan fingerprint density at radius 2 is 1.98 bits per heavy atom. The molecule has 6 rings (SSSR count). The molecular formula is C32H35F3N8O2. The van der Waals surface area contributed by atoms with Crippen molar-refractivity contribution >= 4 is 22.5 Å². The molecule has 236 valence electrons. The van der Waals surface area contributed by atoms with E-state index < -0.39 is 11.9 Å². The Kier molecular flexibility index (Phi) is 8.23. The van der Waals surface area contributed by atoms with Crippen molar-refractivity contribution in [1.82, 2.24) is 29.2 Å². The first-order valence-electron chi connectivity index (χ1n) is 14.9. The molecule has 45 heavy (non-hydrogen) atoms. The zero-order valence-corrected chi connectivity index (χ0v) is 25.4. The number of carbonyl (C=O) groups excluding carboxylic acids is 1. The van der Waals surface area contributed by atoms with Crippen LogP contribution in [-0.4, -0.2) is 60.8 Å². The zero-order valence-electron chi connectivity index (χ0n) is 25.4. The number of ketones is 1. The smallest absolute Gasteiger partial charge is 0.402 e. The van der Waals surface area contributed by atoms with Crippen LogP contribution in [0.15, 0.2) is 60.2 Å². The van der Waals surface area contributed by atoms with E-state index in [1.165, 1.54) is 11.6 Å². The highest BCUT2D eigenvalue weighted by Gasteiger charge is 2.42. The average molecular weight is 621 g/mol. The van der Waals surface area contributed by atoms with Gasteiger partial charge in [0, 0.05) is 42.2 Å². The van der Waals surface area contributed by atoms with Crippen LogP contribution in [0.4, 0.5) is 18.9 Å². The van der Waals surface area contributed by atoms with Crippen LogP contribution in [0.1, 0.15) is 60.9 Å². The predicted molar refractivity (Wildman–Crippen MR) is 164 cm³/mol. The van der Waals surface area contributed by atoms with Gasteiger partial charge in [0.2, 0.25) is 0 Å². The number of fused-ring (bicyclic) bond motifs is 2. The van der Waals surface area contributed by atoms with E-state index in [-0.39, 0.29) is 35.3 Å². The van der Waals surface area contributed by atoms with Crippen LogP contribution < -0.4 is 11.1 Å². The number of benzene rings is 1. The molecule has 3 aromatic heterocycles. The van der Waals surface area contributed by atoms with Crippen molar-refractivity contribution in [3.05, 3.63) is 82.7 Å². The van der Waals surface area contributed by atoms with E-state index in [4.69, 9.17) is 15.5 Å². The first-order valence-corrected chi connectivity index (χ1v) is 14.9. The number of hydrogen-bond acceptors (Lipinski definition) is 8. The SMILES string of the molecule is CCC/C(=C\C=C(\C)N)Nc1ccc2c(c1)ncn2-c1ccc(C(C)=O)c(-n2nc(C(F)(F)F)c3c2CCN(C2COC2)C3)n1. The molecule has 0 unspecified atom stereocenters. The fourth-order valence-electron chi connectivity index (χ4n) is 5.74. The van der Waals surface area contributed by atoms with Gasteiger partial charge in [0.1, 0.15) is 12.1 Å². The van der Waals surface area contributed by atoms with E-state index in [1.54, 1.807) is 23.0 Å². The lowest BCUT2D eigenvalue weighted by Crippen LogP contribution is -2.50. The summed E-state index contributed by atoms with van der Waals surface area (Å²) in [7, 11) is 0.